The van der Waals surface area contributed by atoms with E-state index >= 15 is 0 Å². The number of aromatic nitrogens is 4. The van der Waals surface area contributed by atoms with Crippen LogP contribution in [-0.2, 0) is 0 Å². The molecule has 0 saturated carbocycles. The van der Waals surface area contributed by atoms with Gasteiger partial charge < -0.3 is 35.1 Å². The van der Waals surface area contributed by atoms with Crippen molar-refractivity contribution in [2.75, 3.05) is 39.5 Å². The molecule has 396 valence electrons. The number of nitrogens with one attached hydrogen (secondary N) is 1. The smallest absolute Gasteiger partial charge is 0.850 e. The number of ether oxygens (including phenoxy) is 4. The molecule has 10 rings (SSSR count). The average molecular weight is 1090 g/mol. The molecule has 2 aromatic heterocycles. The molecule has 0 aliphatic carbocycles. The maximum atomic E-state index is 12.1. The Bertz CT molecular complexity index is 3640. The summed E-state index contributed by atoms with van der Waals surface area (Å²) in [5, 5.41) is 34.4. The molecule has 0 unspecified atom stereocenters. The minimum absolute atomic E-state index is 0. The molecule has 0 atom stereocenters. The zero-order valence-corrected chi connectivity index (χ0v) is 47.8. The first kappa shape index (κ1) is 59.8. The van der Waals surface area contributed by atoms with Crippen LogP contribution in [0.25, 0.3) is 67.1 Å². The molecule has 8 aromatic carbocycles. The van der Waals surface area contributed by atoms with Crippen LogP contribution < -0.4 is 86.5 Å². The molecule has 0 aliphatic rings. The number of halogens is 1. The van der Waals surface area contributed by atoms with Crippen molar-refractivity contribution in [1.82, 2.24) is 19.9 Å². The second-order valence-corrected chi connectivity index (χ2v) is 17.9. The Hall–Kier alpha value is -8.43. The Labute approximate surface area is 498 Å². The van der Waals surface area contributed by atoms with Crippen molar-refractivity contribution >= 4 is 50.5 Å². The number of nitrogen functional groups attached to an aromatic ring is 1. The third kappa shape index (κ3) is 16.3. The van der Waals surface area contributed by atoms with Crippen LogP contribution >= 0.6 is 0 Å². The number of rotatable bonds is 12. The van der Waals surface area contributed by atoms with Gasteiger partial charge >= 0.3 is 51.4 Å². The van der Waals surface area contributed by atoms with E-state index < -0.39 is 21.3 Å². The van der Waals surface area contributed by atoms with E-state index in [9.17, 15) is 29.7 Å². The van der Waals surface area contributed by atoms with Crippen molar-refractivity contribution in [3.63, 3.8) is 0 Å². The quantitative estimate of drug-likeness (QED) is 0.0501. The van der Waals surface area contributed by atoms with Crippen LogP contribution in [-0.4, -0.2) is 63.8 Å². The summed E-state index contributed by atoms with van der Waals surface area (Å²) in [6.07, 6.45) is 0. The van der Waals surface area contributed by atoms with Gasteiger partial charge in [-0.3, -0.25) is 20.2 Å². The van der Waals surface area contributed by atoms with Gasteiger partial charge in [0.1, 0.15) is 39.8 Å². The molecule has 19 heteroatoms. The van der Waals surface area contributed by atoms with Crippen molar-refractivity contribution in [1.29, 1.82) is 0 Å². The third-order valence-electron chi connectivity index (χ3n) is 11.3. The number of non-ortho nitro benzene ring substituents is 2. The molecule has 3 N–H and O–H groups in total. The van der Waals surface area contributed by atoms with Crippen LogP contribution in [0, 0.1) is 26.0 Å². The van der Waals surface area contributed by atoms with Gasteiger partial charge in [0, 0.05) is 52.2 Å². The Morgan fingerprint density at radius 2 is 0.785 bits per heavy atom. The second-order valence-electron chi connectivity index (χ2n) is 17.9. The van der Waals surface area contributed by atoms with Crippen LogP contribution in [0.4, 0.5) is 32.8 Å². The van der Waals surface area contributed by atoms with Gasteiger partial charge in [0.2, 0.25) is 0 Å². The predicted molar refractivity (Wildman–Crippen MR) is 301 cm³/mol. The minimum Gasteiger partial charge on any atom is -0.850 e. The van der Waals surface area contributed by atoms with Crippen LogP contribution in [0.15, 0.2) is 182 Å². The number of fused-ring (bicyclic) bond motifs is 2. The molecule has 0 radical (unpaired) electrons. The maximum absolute atomic E-state index is 12.1. The maximum Gasteiger partial charge on any atom is 1.00 e. The fourth-order valence-corrected chi connectivity index (χ4v) is 7.46. The largest absolute Gasteiger partial charge is 1.00 e. The molecule has 10 aromatic rings. The standard InChI is InChI=1S/C28H22N4O4.C22H19N3O2.C6H4FNO2.C4H9O.K/c1-35-22-14-6-18(7-15-22)26-27(19-8-16-23(36-2)17-9-19)31-28-24(4-3-5-25(28)30-26)29-20-10-12-21(13-11-20)32(33)34;1-26-16-10-6-14(7-11-16)20-21(15-8-12-17(27-2)13-9-15)25-22-18(23)4-3-5-19(22)24-20;7-5-1-3-6(4-2-5)8(9)10;1-4(2,3)5;/h3-17,29H,1-2H3;3-13H,23H2,1-2H3;1-4H;1-3H3;/q;;;-1;+1. The van der Waals surface area contributed by atoms with Crippen molar-refractivity contribution < 1.29 is 89.7 Å². The van der Waals surface area contributed by atoms with Gasteiger partial charge in [-0.15, -0.1) is 5.60 Å². The molecular formula is C60H54FKN8O9. The van der Waals surface area contributed by atoms with Gasteiger partial charge in [-0.25, -0.2) is 24.3 Å². The third-order valence-corrected chi connectivity index (χ3v) is 11.3. The van der Waals surface area contributed by atoms with Crippen LogP contribution in [0.2, 0.25) is 0 Å². The van der Waals surface area contributed by atoms with Crippen molar-refractivity contribution in [2.45, 2.75) is 26.4 Å². The van der Waals surface area contributed by atoms with E-state index in [1.54, 1.807) is 61.3 Å². The summed E-state index contributed by atoms with van der Waals surface area (Å²) in [5.41, 5.74) is 16.9. The number of benzene rings is 8. The Morgan fingerprint density at radius 3 is 1.14 bits per heavy atom. The first-order valence-corrected chi connectivity index (χ1v) is 24.0. The Morgan fingerprint density at radius 1 is 0.468 bits per heavy atom. The van der Waals surface area contributed by atoms with E-state index in [2.05, 4.69) is 5.32 Å². The molecule has 79 heavy (non-hydrogen) atoms. The Kier molecular flexibility index (Phi) is 21.0. The van der Waals surface area contributed by atoms with Crippen molar-refractivity contribution in [3.8, 4) is 68.0 Å². The Balaban J connectivity index is 0.000000205. The summed E-state index contributed by atoms with van der Waals surface area (Å²) < 4.78 is 33.3. The fraction of sp³-hybridized carbons (Fsp3) is 0.133. The molecular weight excluding hydrogens is 1030 g/mol. The molecule has 0 saturated heterocycles. The zero-order chi connectivity index (χ0) is 55.9. The number of nitrogens with zero attached hydrogens (tertiary/aromatic N) is 6. The van der Waals surface area contributed by atoms with E-state index in [-0.39, 0.29) is 62.8 Å². The predicted octanol–water partition coefficient (Wildman–Crippen LogP) is 10.1. The number of nitro groups is 2. The van der Waals surface area contributed by atoms with Gasteiger partial charge in [0.15, 0.2) is 0 Å². The molecule has 0 spiro atoms. The van der Waals surface area contributed by atoms with E-state index in [1.807, 2.05) is 133 Å². The average Bonchev–Trinajstić information content (AvgIpc) is 3.54. The molecule has 0 aliphatic heterocycles. The summed E-state index contributed by atoms with van der Waals surface area (Å²) in [5.74, 6) is 2.62. The monoisotopic (exact) mass is 1090 g/mol. The summed E-state index contributed by atoms with van der Waals surface area (Å²) >= 11 is 0. The van der Waals surface area contributed by atoms with E-state index in [4.69, 9.17) is 44.6 Å². The van der Waals surface area contributed by atoms with Gasteiger partial charge in [0.05, 0.1) is 83.5 Å². The van der Waals surface area contributed by atoms with Crippen molar-refractivity contribution in [3.05, 3.63) is 208 Å². The second kappa shape index (κ2) is 27.7. The summed E-state index contributed by atoms with van der Waals surface area (Å²) in [6.45, 7) is 4.90. The first-order chi connectivity index (χ1) is 37.4. The number of nitro benzene ring substituents is 2. The minimum atomic E-state index is -0.750. The van der Waals surface area contributed by atoms with Crippen LogP contribution in [0.3, 0.4) is 0 Å². The zero-order valence-electron chi connectivity index (χ0n) is 44.6. The summed E-state index contributed by atoms with van der Waals surface area (Å²) in [7, 11) is 6.56. The van der Waals surface area contributed by atoms with Gasteiger partial charge in [-0.05, 0) is 146 Å². The molecule has 0 amide bonds. The number of anilines is 3. The van der Waals surface area contributed by atoms with E-state index in [1.165, 1.54) is 12.1 Å². The van der Waals surface area contributed by atoms with Gasteiger partial charge in [-0.2, -0.15) is 0 Å². The van der Waals surface area contributed by atoms with Crippen LogP contribution in [0.1, 0.15) is 20.8 Å². The fourth-order valence-electron chi connectivity index (χ4n) is 7.46. The van der Waals surface area contributed by atoms with Gasteiger partial charge in [-0.1, -0.05) is 32.9 Å². The number of para-hydroxylation sites is 2. The molecule has 17 nitrogen and oxygen atoms in total. The number of methoxy groups -OCH3 is 4. The summed E-state index contributed by atoms with van der Waals surface area (Å²) in [4.78, 5) is 39.8. The molecule has 0 fully saturated rings. The summed E-state index contributed by atoms with van der Waals surface area (Å²) in [6, 6.07) is 52.9. The van der Waals surface area contributed by atoms with Crippen LogP contribution in [0.5, 0.6) is 23.0 Å². The molecule has 2 heterocycles. The normalized spacial score (nSPS) is 10.5. The van der Waals surface area contributed by atoms with E-state index in [0.29, 0.717) is 33.6 Å². The van der Waals surface area contributed by atoms with E-state index in [0.717, 1.165) is 97.8 Å². The SMILES string of the molecule is CC(C)(C)[O-].COc1ccc(-c2nc3cccc(N)c3nc2-c2ccc(OC)cc2)cc1.COc1ccc(-c2nc3cccc(Nc4ccc([N+](=O)[O-])cc4)c3nc2-c2ccc(OC)cc2)cc1.O=[N+]([O-])c1ccc(F)cc1.[K+]. The number of hydrogen-bond acceptors (Lipinski definition) is 15. The van der Waals surface area contributed by atoms with Gasteiger partial charge in [0.25, 0.3) is 11.4 Å². The topological polar surface area (TPSA) is 236 Å². The number of hydrogen-bond donors (Lipinski definition) is 2. The molecule has 0 bridgehead atoms. The number of nitrogens with two attached hydrogens (primary N) is 1. The van der Waals surface area contributed by atoms with Crippen molar-refractivity contribution in [2.24, 2.45) is 0 Å². The first-order valence-electron chi connectivity index (χ1n) is 24.0.